The fourth-order valence-corrected chi connectivity index (χ4v) is 9.71. The number of anilines is 6. The van der Waals surface area contributed by atoms with Crippen LogP contribution in [0.4, 0.5) is 34.1 Å². The molecule has 0 saturated heterocycles. The zero-order chi connectivity index (χ0) is 37.8. The molecule has 3 heterocycles. The van der Waals surface area contributed by atoms with Crippen LogP contribution in [0.25, 0.3) is 60.3 Å². The van der Waals surface area contributed by atoms with E-state index in [1.807, 2.05) is 0 Å². The Morgan fingerprint density at radius 1 is 0.456 bits per heavy atom. The van der Waals surface area contributed by atoms with Gasteiger partial charge in [-0.1, -0.05) is 111 Å². The number of rotatable bonds is 6. The maximum absolute atomic E-state index is 6.95. The number of hydrogen-bond donors (Lipinski definition) is 0. The summed E-state index contributed by atoms with van der Waals surface area (Å²) in [6, 6.07) is 67.6. The predicted molar refractivity (Wildman–Crippen MR) is 238 cm³/mol. The maximum atomic E-state index is 6.95. The zero-order valence-corrected chi connectivity index (χ0v) is 31.6. The summed E-state index contributed by atoms with van der Waals surface area (Å²) in [5, 5.41) is 7.24. The topological polar surface area (TPSA) is 24.0 Å². The van der Waals surface area contributed by atoms with Crippen LogP contribution in [-0.4, -0.2) is 4.40 Å². The first-order valence-electron chi connectivity index (χ1n) is 19.7. The SMILES string of the molecule is CC1(C)c2cc3ccc(N(c4ccccc4)c4ccccc4)cc3cc2-c2c1n1c3oc4ccc(N(c5ccccc5)c5ccccc5)cc4c3c3cccc2c31. The second kappa shape index (κ2) is 11.8. The molecule has 1 aliphatic rings. The molecule has 0 amide bonds. The van der Waals surface area contributed by atoms with Crippen molar-refractivity contribution in [2.24, 2.45) is 0 Å². The van der Waals surface area contributed by atoms with E-state index in [1.54, 1.807) is 0 Å². The maximum Gasteiger partial charge on any atom is 0.213 e. The molecule has 0 spiro atoms. The first-order valence-corrected chi connectivity index (χ1v) is 19.7. The van der Waals surface area contributed by atoms with Gasteiger partial charge in [0.1, 0.15) is 5.58 Å². The Hall–Kier alpha value is -7.30. The fraction of sp³-hybridized carbons (Fsp3) is 0.0566. The minimum atomic E-state index is -0.267. The molecule has 4 nitrogen and oxygen atoms in total. The van der Waals surface area contributed by atoms with E-state index >= 15 is 0 Å². The molecule has 0 fully saturated rings. The van der Waals surface area contributed by atoms with Gasteiger partial charge in [-0.2, -0.15) is 0 Å². The van der Waals surface area contributed by atoms with E-state index in [2.05, 4.69) is 216 Å². The highest BCUT2D eigenvalue weighted by atomic mass is 16.3. The molecule has 3 aromatic heterocycles. The van der Waals surface area contributed by atoms with E-state index in [4.69, 9.17) is 4.42 Å². The minimum absolute atomic E-state index is 0.267. The smallest absolute Gasteiger partial charge is 0.213 e. The van der Waals surface area contributed by atoms with Gasteiger partial charge in [-0.3, -0.25) is 4.40 Å². The van der Waals surface area contributed by atoms with Crippen molar-refractivity contribution in [3.8, 4) is 11.1 Å². The van der Waals surface area contributed by atoms with Gasteiger partial charge in [0, 0.05) is 67.0 Å². The van der Waals surface area contributed by atoms with Crippen LogP contribution in [0.5, 0.6) is 0 Å². The third kappa shape index (κ3) is 4.55. The third-order valence-electron chi connectivity index (χ3n) is 12.2. The van der Waals surface area contributed by atoms with E-state index in [1.165, 1.54) is 54.8 Å². The lowest BCUT2D eigenvalue weighted by Gasteiger charge is -2.26. The average molecular weight is 732 g/mol. The van der Waals surface area contributed by atoms with Crippen LogP contribution < -0.4 is 9.80 Å². The van der Waals surface area contributed by atoms with Crippen molar-refractivity contribution in [1.29, 1.82) is 0 Å². The Kier molecular flexibility index (Phi) is 6.65. The molecule has 270 valence electrons. The van der Waals surface area contributed by atoms with Gasteiger partial charge < -0.3 is 14.2 Å². The van der Waals surface area contributed by atoms with Crippen molar-refractivity contribution in [3.63, 3.8) is 0 Å². The van der Waals surface area contributed by atoms with E-state index in [0.29, 0.717) is 0 Å². The molecule has 0 N–H and O–H groups in total. The third-order valence-corrected chi connectivity index (χ3v) is 12.2. The van der Waals surface area contributed by atoms with Crippen molar-refractivity contribution in [3.05, 3.63) is 199 Å². The molecular formula is C53H37N3O. The van der Waals surface area contributed by atoms with Crippen LogP contribution in [0.15, 0.2) is 192 Å². The van der Waals surface area contributed by atoms with Gasteiger partial charge in [0.05, 0.1) is 10.9 Å². The lowest BCUT2D eigenvalue weighted by atomic mass is 9.84. The summed E-state index contributed by atoms with van der Waals surface area (Å²) >= 11 is 0. The van der Waals surface area contributed by atoms with Gasteiger partial charge in [0.2, 0.25) is 5.71 Å². The van der Waals surface area contributed by atoms with Crippen molar-refractivity contribution >= 4 is 83.3 Å². The first-order chi connectivity index (χ1) is 28.0. The highest BCUT2D eigenvalue weighted by Gasteiger charge is 2.42. The molecule has 8 aromatic carbocycles. The summed E-state index contributed by atoms with van der Waals surface area (Å²) < 4.78 is 9.40. The first kappa shape index (κ1) is 32.0. The highest BCUT2D eigenvalue weighted by molar-refractivity contribution is 6.26. The highest BCUT2D eigenvalue weighted by Crippen LogP contribution is 2.56. The van der Waals surface area contributed by atoms with Crippen molar-refractivity contribution in [1.82, 2.24) is 4.40 Å². The Labute approximate surface area is 330 Å². The van der Waals surface area contributed by atoms with Gasteiger partial charge in [0.15, 0.2) is 0 Å². The second-order valence-corrected chi connectivity index (χ2v) is 15.8. The Morgan fingerprint density at radius 3 is 1.60 bits per heavy atom. The average Bonchev–Trinajstić information content (AvgIpc) is 3.96. The quantitative estimate of drug-likeness (QED) is 0.170. The number of aromatic nitrogens is 1. The number of benzene rings is 8. The molecular weight excluding hydrogens is 695 g/mol. The van der Waals surface area contributed by atoms with E-state index in [9.17, 15) is 0 Å². The predicted octanol–water partition coefficient (Wildman–Crippen LogP) is 14.8. The monoisotopic (exact) mass is 731 g/mol. The molecule has 0 radical (unpaired) electrons. The second-order valence-electron chi connectivity index (χ2n) is 15.8. The summed E-state index contributed by atoms with van der Waals surface area (Å²) in [5.74, 6) is 0. The lowest BCUT2D eigenvalue weighted by molar-refractivity contribution is 0.606. The standard InChI is InChI=1S/C53H37N3O/c1-53(2)46-32-34-26-27-40(54(36-16-7-3-8-17-36)37-18-9-4-10-19-37)30-35(34)31-44(46)48-42-24-15-25-43-49-45-33-41(28-29-47(45)57-52(49)56(50(42)43)51(48)53)55(38-20-11-5-12-21-38)39-22-13-6-14-23-39/h3-33H,1-2H3. The minimum Gasteiger partial charge on any atom is -0.439 e. The molecule has 11 aromatic rings. The lowest BCUT2D eigenvalue weighted by Crippen LogP contribution is -2.17. The Bertz CT molecular complexity index is 3230. The van der Waals surface area contributed by atoms with Gasteiger partial charge in [-0.15, -0.1) is 0 Å². The molecule has 0 bridgehead atoms. The van der Waals surface area contributed by atoms with Gasteiger partial charge in [-0.25, -0.2) is 0 Å². The zero-order valence-electron chi connectivity index (χ0n) is 31.6. The largest absolute Gasteiger partial charge is 0.439 e. The Balaban J connectivity index is 1.06. The summed E-state index contributed by atoms with van der Waals surface area (Å²) in [6.45, 7) is 4.76. The summed E-state index contributed by atoms with van der Waals surface area (Å²) in [5.41, 5.74) is 14.7. The van der Waals surface area contributed by atoms with Crippen LogP contribution in [-0.2, 0) is 5.41 Å². The normalized spacial score (nSPS) is 13.2. The molecule has 0 atom stereocenters. The van der Waals surface area contributed by atoms with E-state index in [0.717, 1.165) is 50.8 Å². The molecule has 0 aliphatic heterocycles. The molecule has 57 heavy (non-hydrogen) atoms. The van der Waals surface area contributed by atoms with E-state index in [-0.39, 0.29) is 5.41 Å². The summed E-state index contributed by atoms with van der Waals surface area (Å²) in [6.07, 6.45) is 0. The Morgan fingerprint density at radius 2 is 1.00 bits per heavy atom. The molecule has 12 rings (SSSR count). The van der Waals surface area contributed by atoms with Crippen molar-refractivity contribution in [2.45, 2.75) is 19.3 Å². The van der Waals surface area contributed by atoms with Gasteiger partial charge >= 0.3 is 0 Å². The number of furan rings is 1. The summed E-state index contributed by atoms with van der Waals surface area (Å²) in [4.78, 5) is 4.66. The molecule has 0 unspecified atom stereocenters. The summed E-state index contributed by atoms with van der Waals surface area (Å²) in [7, 11) is 0. The van der Waals surface area contributed by atoms with Crippen molar-refractivity contribution in [2.75, 3.05) is 9.80 Å². The van der Waals surface area contributed by atoms with E-state index < -0.39 is 0 Å². The van der Waals surface area contributed by atoms with Crippen LogP contribution in [0.3, 0.4) is 0 Å². The molecule has 4 heteroatoms. The number of para-hydroxylation sites is 5. The fourth-order valence-electron chi connectivity index (χ4n) is 9.71. The number of fused-ring (bicyclic) bond motifs is 11. The van der Waals surface area contributed by atoms with Crippen LogP contribution in [0, 0.1) is 0 Å². The van der Waals surface area contributed by atoms with Crippen LogP contribution >= 0.6 is 0 Å². The number of nitrogens with zero attached hydrogens (tertiary/aromatic N) is 3. The van der Waals surface area contributed by atoms with Gasteiger partial charge in [-0.05, 0) is 113 Å². The number of hydrogen-bond acceptors (Lipinski definition) is 3. The van der Waals surface area contributed by atoms with Gasteiger partial charge in [0.25, 0.3) is 0 Å². The van der Waals surface area contributed by atoms with Crippen molar-refractivity contribution < 1.29 is 4.42 Å². The van der Waals surface area contributed by atoms with Crippen LogP contribution in [0.1, 0.15) is 25.1 Å². The molecule has 1 aliphatic carbocycles. The molecule has 0 saturated carbocycles. The van der Waals surface area contributed by atoms with Crippen LogP contribution in [0.2, 0.25) is 0 Å².